The van der Waals surface area contributed by atoms with Crippen molar-refractivity contribution in [2.75, 3.05) is 20.3 Å². The third-order valence-electron chi connectivity index (χ3n) is 9.47. The number of carboxylic acid groups (broad SMARTS) is 1. The first-order chi connectivity index (χ1) is 23.5. The van der Waals surface area contributed by atoms with Crippen LogP contribution in [-0.4, -0.2) is 43.5 Å². The molecule has 246 valence electrons. The molecule has 0 saturated heterocycles. The van der Waals surface area contributed by atoms with E-state index in [1.807, 2.05) is 42.5 Å². The van der Waals surface area contributed by atoms with Gasteiger partial charge in [0.25, 0.3) is 0 Å². The number of carboxylic acids is 1. The molecule has 2 aliphatic rings. The minimum Gasteiger partial charge on any atom is -0.497 e. The third-order valence-corrected chi connectivity index (χ3v) is 9.47. The number of hydrogen-bond acceptors (Lipinski definition) is 5. The predicted molar refractivity (Wildman–Crippen MR) is 188 cm³/mol. The van der Waals surface area contributed by atoms with Crippen molar-refractivity contribution < 1.29 is 24.2 Å². The van der Waals surface area contributed by atoms with Gasteiger partial charge in [-0.2, -0.15) is 0 Å². The Kier molecular flexibility index (Phi) is 10.4. The molecule has 0 aromatic heterocycles. The lowest BCUT2D eigenvalue weighted by atomic mass is 9.74. The van der Waals surface area contributed by atoms with Crippen molar-refractivity contribution in [1.29, 1.82) is 0 Å². The van der Waals surface area contributed by atoms with Crippen molar-refractivity contribution in [3.05, 3.63) is 149 Å². The molecule has 0 aliphatic heterocycles. The fraction of sp³-hybridized carbons (Fsp3) is 0.268. The van der Waals surface area contributed by atoms with Crippen molar-refractivity contribution in [2.45, 2.75) is 49.6 Å². The number of benzene rings is 4. The molecule has 48 heavy (non-hydrogen) atoms. The van der Waals surface area contributed by atoms with Crippen molar-refractivity contribution in [2.24, 2.45) is 0 Å². The second-order valence-electron chi connectivity index (χ2n) is 12.3. The van der Waals surface area contributed by atoms with E-state index in [-0.39, 0.29) is 18.9 Å². The molecule has 1 amide bonds. The number of carbonyl (C=O) groups excluding carboxylic acids is 1. The van der Waals surface area contributed by atoms with Crippen LogP contribution in [0.5, 0.6) is 5.75 Å². The minimum atomic E-state index is -1.08. The zero-order chi connectivity index (χ0) is 33.3. The Morgan fingerprint density at radius 2 is 1.50 bits per heavy atom. The van der Waals surface area contributed by atoms with Crippen molar-refractivity contribution in [3.63, 3.8) is 0 Å². The predicted octanol–water partition coefficient (Wildman–Crippen LogP) is 7.97. The van der Waals surface area contributed by atoms with E-state index in [1.54, 1.807) is 7.11 Å². The zero-order valence-electron chi connectivity index (χ0n) is 27.2. The quantitative estimate of drug-likeness (QED) is 0.121. The van der Waals surface area contributed by atoms with Crippen LogP contribution in [0.3, 0.4) is 0 Å². The van der Waals surface area contributed by atoms with E-state index in [4.69, 9.17) is 9.47 Å². The van der Waals surface area contributed by atoms with Gasteiger partial charge >= 0.3 is 12.1 Å². The minimum absolute atomic E-state index is 0.0946. The fourth-order valence-corrected chi connectivity index (χ4v) is 7.09. The summed E-state index contributed by atoms with van der Waals surface area (Å²) in [5.41, 5.74) is 7.43. The number of methoxy groups -OCH3 is 1. The molecule has 0 fully saturated rings. The van der Waals surface area contributed by atoms with Crippen molar-refractivity contribution in [1.82, 2.24) is 10.6 Å². The molecule has 6 rings (SSSR count). The molecule has 0 saturated carbocycles. The molecule has 0 spiro atoms. The molecular weight excluding hydrogens is 600 g/mol. The molecule has 7 heteroatoms. The van der Waals surface area contributed by atoms with Gasteiger partial charge in [-0.3, -0.25) is 0 Å². The first kappa shape index (κ1) is 32.8. The lowest BCUT2D eigenvalue weighted by Gasteiger charge is -2.40. The van der Waals surface area contributed by atoms with Crippen molar-refractivity contribution in [3.8, 4) is 16.9 Å². The molecule has 4 aromatic carbocycles. The second kappa shape index (κ2) is 15.2. The van der Waals surface area contributed by atoms with Crippen LogP contribution in [0, 0.1) is 0 Å². The number of nitrogens with one attached hydrogen (secondary N) is 2. The summed E-state index contributed by atoms with van der Waals surface area (Å²) in [5.74, 6) is -0.378. The summed E-state index contributed by atoms with van der Waals surface area (Å²) in [6.07, 6.45) is 9.25. The van der Waals surface area contributed by atoms with E-state index < -0.39 is 23.6 Å². The topological polar surface area (TPSA) is 96.9 Å². The molecule has 2 atom stereocenters. The SMILES string of the molecule is COc1ccc([C@@](NCCCC[C@H](NC(=O)OCC2c3ccccc3-c3ccccc32)C(=O)O)(C2=CC=CCC2)c2ccccc2)cc1. The normalized spacial score (nSPS) is 15.4. The number of alkyl carbamates (subject to hydrolysis) is 1. The van der Waals surface area contributed by atoms with Gasteiger partial charge in [-0.05, 0) is 89.7 Å². The van der Waals surface area contributed by atoms with E-state index in [0.29, 0.717) is 19.4 Å². The Labute approximate surface area is 282 Å². The van der Waals surface area contributed by atoms with Gasteiger partial charge in [0, 0.05) is 5.92 Å². The number of fused-ring (bicyclic) bond motifs is 3. The standard InChI is InChI=1S/C41H42N2O5/c1-47-32-25-23-31(24-26-32)41(29-14-4-2-5-15-29,30-16-6-3-7-17-30)42-27-13-12-22-38(39(44)45)43-40(46)48-28-37-35-20-10-8-18-33(35)34-19-9-11-21-36(34)37/h2-6,8-11,14-16,18-21,23-26,37-38,42H,7,12-13,17,22,27-28H2,1H3,(H,43,46)(H,44,45)/t38-,41-/m0/s1. The van der Waals surface area contributed by atoms with Crippen LogP contribution in [0.25, 0.3) is 11.1 Å². The number of aliphatic carboxylic acids is 1. The average Bonchev–Trinajstić information content (AvgIpc) is 3.46. The van der Waals surface area contributed by atoms with Gasteiger partial charge in [0.1, 0.15) is 18.4 Å². The van der Waals surface area contributed by atoms with Crippen LogP contribution in [0.2, 0.25) is 0 Å². The highest BCUT2D eigenvalue weighted by atomic mass is 16.5. The highest BCUT2D eigenvalue weighted by molar-refractivity contribution is 5.81. The fourth-order valence-electron chi connectivity index (χ4n) is 7.09. The van der Waals surface area contributed by atoms with Crippen LogP contribution in [0.4, 0.5) is 4.79 Å². The number of ether oxygens (including phenoxy) is 2. The van der Waals surface area contributed by atoms with E-state index in [2.05, 4.69) is 89.5 Å². The van der Waals surface area contributed by atoms with E-state index in [0.717, 1.165) is 52.0 Å². The molecule has 3 N–H and O–H groups in total. The number of hydrogen-bond donors (Lipinski definition) is 3. The Balaban J connectivity index is 1.09. The lowest BCUT2D eigenvalue weighted by Crippen LogP contribution is -2.46. The Bertz CT molecular complexity index is 1740. The van der Waals surface area contributed by atoms with Gasteiger partial charge in [0.15, 0.2) is 0 Å². The van der Waals surface area contributed by atoms with Gasteiger partial charge in [-0.1, -0.05) is 109 Å². The van der Waals surface area contributed by atoms with E-state index in [1.165, 1.54) is 5.57 Å². The summed E-state index contributed by atoms with van der Waals surface area (Å²) in [6, 6.07) is 33.8. The summed E-state index contributed by atoms with van der Waals surface area (Å²) in [5, 5.41) is 16.4. The van der Waals surface area contributed by atoms with Crippen LogP contribution in [-0.2, 0) is 15.1 Å². The maximum absolute atomic E-state index is 12.9. The number of rotatable bonds is 14. The largest absolute Gasteiger partial charge is 0.497 e. The lowest BCUT2D eigenvalue weighted by molar-refractivity contribution is -0.139. The second-order valence-corrected chi connectivity index (χ2v) is 12.3. The molecule has 0 bridgehead atoms. The van der Waals surface area contributed by atoms with E-state index in [9.17, 15) is 14.7 Å². The van der Waals surface area contributed by atoms with Gasteiger partial charge in [-0.25, -0.2) is 9.59 Å². The maximum Gasteiger partial charge on any atom is 0.407 e. The molecule has 4 aromatic rings. The summed E-state index contributed by atoms with van der Waals surface area (Å²) >= 11 is 0. The number of amides is 1. The van der Waals surface area contributed by atoms with Crippen LogP contribution >= 0.6 is 0 Å². The average molecular weight is 643 g/mol. The van der Waals surface area contributed by atoms with Crippen LogP contribution in [0.15, 0.2) is 127 Å². The molecule has 2 aliphatic carbocycles. The number of carbonyl (C=O) groups is 2. The van der Waals surface area contributed by atoms with Crippen LogP contribution < -0.4 is 15.4 Å². The number of allylic oxidation sites excluding steroid dienone is 3. The summed E-state index contributed by atoms with van der Waals surface area (Å²) < 4.78 is 11.1. The molecule has 0 radical (unpaired) electrons. The van der Waals surface area contributed by atoms with Gasteiger partial charge in [0.2, 0.25) is 0 Å². The third kappa shape index (κ3) is 6.92. The first-order valence-electron chi connectivity index (χ1n) is 16.7. The monoisotopic (exact) mass is 642 g/mol. The summed E-state index contributed by atoms with van der Waals surface area (Å²) in [7, 11) is 1.67. The van der Waals surface area contributed by atoms with Crippen LogP contribution in [0.1, 0.15) is 60.3 Å². The molecular formula is C41H42N2O5. The van der Waals surface area contributed by atoms with Crippen molar-refractivity contribution >= 4 is 12.1 Å². The smallest absolute Gasteiger partial charge is 0.407 e. The molecule has 7 nitrogen and oxygen atoms in total. The van der Waals surface area contributed by atoms with Gasteiger partial charge in [-0.15, -0.1) is 0 Å². The zero-order valence-corrected chi connectivity index (χ0v) is 27.2. The van der Waals surface area contributed by atoms with E-state index >= 15 is 0 Å². The van der Waals surface area contributed by atoms with Gasteiger partial charge < -0.3 is 25.2 Å². The first-order valence-corrected chi connectivity index (χ1v) is 16.7. The molecule has 0 heterocycles. The highest BCUT2D eigenvalue weighted by Gasteiger charge is 2.37. The number of unbranched alkanes of at least 4 members (excludes halogenated alkanes) is 1. The highest BCUT2D eigenvalue weighted by Crippen LogP contribution is 2.44. The summed E-state index contributed by atoms with van der Waals surface area (Å²) in [6.45, 7) is 0.771. The Morgan fingerprint density at radius 1 is 0.854 bits per heavy atom. The van der Waals surface area contributed by atoms with Gasteiger partial charge in [0.05, 0.1) is 12.6 Å². The maximum atomic E-state index is 12.9. The molecule has 0 unspecified atom stereocenters. The Morgan fingerprint density at radius 3 is 2.12 bits per heavy atom. The Hall–Kier alpha value is -5.14. The summed E-state index contributed by atoms with van der Waals surface area (Å²) in [4.78, 5) is 25.0.